The van der Waals surface area contributed by atoms with Crippen LogP contribution in [0.4, 0.5) is 5.69 Å². The maximum Gasteiger partial charge on any atom is 0.273 e. The minimum atomic E-state index is -0.453. The number of aryl methyl sites for hydroxylation is 1. The lowest BCUT2D eigenvalue weighted by molar-refractivity contribution is -0.385. The second-order valence-corrected chi connectivity index (χ2v) is 7.00. The number of hydrogen-bond acceptors (Lipinski definition) is 6. The molecular weight excluding hydrogens is 374 g/mol. The van der Waals surface area contributed by atoms with Crippen molar-refractivity contribution in [3.63, 3.8) is 0 Å². The molecule has 1 aliphatic rings. The first-order valence-corrected chi connectivity index (χ1v) is 9.40. The topological polar surface area (TPSA) is 85.2 Å². The first-order valence-electron chi connectivity index (χ1n) is 9.40. The van der Waals surface area contributed by atoms with E-state index < -0.39 is 4.92 Å². The molecule has 1 amide bonds. The summed E-state index contributed by atoms with van der Waals surface area (Å²) >= 11 is 0. The number of nitro benzene ring substituents is 1. The molecule has 0 spiro atoms. The lowest BCUT2D eigenvalue weighted by Crippen LogP contribution is -2.48. The zero-order valence-corrected chi connectivity index (χ0v) is 16.9. The summed E-state index contributed by atoms with van der Waals surface area (Å²) in [5.41, 5.74) is 1.90. The van der Waals surface area contributed by atoms with E-state index in [1.54, 1.807) is 38.2 Å². The van der Waals surface area contributed by atoms with Gasteiger partial charge in [-0.3, -0.25) is 19.8 Å². The van der Waals surface area contributed by atoms with E-state index in [4.69, 9.17) is 9.47 Å². The van der Waals surface area contributed by atoms with E-state index in [1.165, 1.54) is 6.07 Å². The number of hydrogen-bond donors (Lipinski definition) is 0. The number of nitro groups is 1. The minimum absolute atomic E-state index is 0.0281. The first kappa shape index (κ1) is 20.6. The van der Waals surface area contributed by atoms with E-state index in [2.05, 4.69) is 4.90 Å². The van der Waals surface area contributed by atoms with E-state index in [9.17, 15) is 14.9 Å². The third-order valence-electron chi connectivity index (χ3n) is 5.19. The third kappa shape index (κ3) is 4.65. The molecule has 3 rings (SSSR count). The van der Waals surface area contributed by atoms with Crippen molar-refractivity contribution in [1.29, 1.82) is 0 Å². The van der Waals surface area contributed by atoms with Crippen LogP contribution in [0.1, 0.15) is 21.5 Å². The highest BCUT2D eigenvalue weighted by Gasteiger charge is 2.24. The molecule has 0 saturated carbocycles. The van der Waals surface area contributed by atoms with Gasteiger partial charge in [-0.25, -0.2) is 0 Å². The van der Waals surface area contributed by atoms with Crippen LogP contribution in [-0.4, -0.2) is 61.0 Å². The fourth-order valence-electron chi connectivity index (χ4n) is 3.48. The van der Waals surface area contributed by atoms with Crippen molar-refractivity contribution in [2.75, 3.05) is 40.4 Å². The Kier molecular flexibility index (Phi) is 6.33. The molecule has 0 aliphatic carbocycles. The molecule has 0 unspecified atom stereocenters. The van der Waals surface area contributed by atoms with Gasteiger partial charge in [-0.2, -0.15) is 0 Å². The van der Waals surface area contributed by atoms with Gasteiger partial charge in [0, 0.05) is 55.5 Å². The van der Waals surface area contributed by atoms with E-state index >= 15 is 0 Å². The van der Waals surface area contributed by atoms with E-state index in [0.29, 0.717) is 43.9 Å². The van der Waals surface area contributed by atoms with Crippen LogP contribution < -0.4 is 9.47 Å². The number of methoxy groups -OCH3 is 2. The highest BCUT2D eigenvalue weighted by Crippen LogP contribution is 2.26. The normalized spacial score (nSPS) is 14.5. The van der Waals surface area contributed by atoms with Crippen LogP contribution in [0.3, 0.4) is 0 Å². The molecule has 0 aromatic heterocycles. The summed E-state index contributed by atoms with van der Waals surface area (Å²) in [6.45, 7) is 4.90. The number of ether oxygens (including phenoxy) is 2. The summed E-state index contributed by atoms with van der Waals surface area (Å²) in [6, 6.07) is 10.3. The van der Waals surface area contributed by atoms with Crippen molar-refractivity contribution in [3.8, 4) is 11.5 Å². The van der Waals surface area contributed by atoms with Crippen molar-refractivity contribution in [3.05, 3.63) is 63.2 Å². The highest BCUT2D eigenvalue weighted by molar-refractivity contribution is 5.95. The van der Waals surface area contributed by atoms with Gasteiger partial charge in [0.25, 0.3) is 11.6 Å². The molecule has 154 valence electrons. The van der Waals surface area contributed by atoms with E-state index in [1.807, 2.05) is 18.2 Å². The molecular formula is C21H25N3O5. The van der Waals surface area contributed by atoms with Crippen molar-refractivity contribution >= 4 is 11.6 Å². The summed E-state index contributed by atoms with van der Waals surface area (Å²) in [6.07, 6.45) is 0. The summed E-state index contributed by atoms with van der Waals surface area (Å²) < 4.78 is 10.7. The molecule has 1 fully saturated rings. The van der Waals surface area contributed by atoms with Crippen LogP contribution in [0.15, 0.2) is 36.4 Å². The number of rotatable bonds is 6. The molecule has 1 saturated heterocycles. The molecule has 8 heteroatoms. The lowest BCUT2D eigenvalue weighted by atomic mass is 10.1. The van der Waals surface area contributed by atoms with Gasteiger partial charge in [0.05, 0.1) is 19.1 Å². The fourth-order valence-corrected chi connectivity index (χ4v) is 3.48. The minimum Gasteiger partial charge on any atom is -0.497 e. The summed E-state index contributed by atoms with van der Waals surface area (Å²) in [7, 11) is 3.27. The lowest BCUT2D eigenvalue weighted by Gasteiger charge is -2.35. The number of piperazine rings is 1. The monoisotopic (exact) mass is 399 g/mol. The van der Waals surface area contributed by atoms with Crippen molar-refractivity contribution in [2.24, 2.45) is 0 Å². The second-order valence-electron chi connectivity index (χ2n) is 7.00. The number of nitrogens with zero attached hydrogens (tertiary/aromatic N) is 3. The van der Waals surface area contributed by atoms with Gasteiger partial charge in [-0.15, -0.1) is 0 Å². The molecule has 29 heavy (non-hydrogen) atoms. The average molecular weight is 399 g/mol. The molecule has 0 bridgehead atoms. The summed E-state index contributed by atoms with van der Waals surface area (Å²) in [5, 5.41) is 11.1. The molecule has 2 aromatic rings. The Balaban J connectivity index is 1.64. The van der Waals surface area contributed by atoms with Crippen molar-refractivity contribution in [2.45, 2.75) is 13.5 Å². The number of carbonyl (C=O) groups excluding carboxylic acids is 1. The smallest absolute Gasteiger partial charge is 0.273 e. The SMILES string of the molecule is COc1ccc(OC)c(CN2CCN(C(=O)c3ccc(C)c([N+](=O)[O-])c3)CC2)c1. The number of amides is 1. The zero-order chi connectivity index (χ0) is 21.0. The fraction of sp³-hybridized carbons (Fsp3) is 0.381. The third-order valence-corrected chi connectivity index (χ3v) is 5.19. The standard InChI is InChI=1S/C21H25N3O5/c1-15-4-5-16(13-19(15)24(26)27)21(25)23-10-8-22(9-11-23)14-17-12-18(28-2)6-7-20(17)29-3/h4-7,12-13H,8-11,14H2,1-3H3. The van der Waals surface area contributed by atoms with Crippen LogP contribution in [0.5, 0.6) is 11.5 Å². The Morgan fingerprint density at radius 1 is 1.07 bits per heavy atom. The predicted octanol–water partition coefficient (Wildman–Crippen LogP) is 2.88. The van der Waals surface area contributed by atoms with E-state index in [0.717, 1.165) is 17.1 Å². The Bertz CT molecular complexity index is 907. The number of benzene rings is 2. The van der Waals surface area contributed by atoms with Crippen LogP contribution >= 0.6 is 0 Å². The maximum absolute atomic E-state index is 12.8. The summed E-state index contributed by atoms with van der Waals surface area (Å²) in [5.74, 6) is 1.40. The van der Waals surface area contributed by atoms with Gasteiger partial charge >= 0.3 is 0 Å². The zero-order valence-electron chi connectivity index (χ0n) is 16.9. The van der Waals surface area contributed by atoms with Gasteiger partial charge in [-0.05, 0) is 31.2 Å². The van der Waals surface area contributed by atoms with Gasteiger partial charge in [-0.1, -0.05) is 6.07 Å². The van der Waals surface area contributed by atoms with Gasteiger partial charge in [0.15, 0.2) is 0 Å². The summed E-state index contributed by atoms with van der Waals surface area (Å²) in [4.78, 5) is 27.5. The Morgan fingerprint density at radius 3 is 2.41 bits per heavy atom. The molecule has 0 atom stereocenters. The van der Waals surface area contributed by atoms with Gasteiger partial charge < -0.3 is 14.4 Å². The predicted molar refractivity (Wildman–Crippen MR) is 109 cm³/mol. The van der Waals surface area contributed by atoms with Gasteiger partial charge in [0.1, 0.15) is 11.5 Å². The van der Waals surface area contributed by atoms with Gasteiger partial charge in [0.2, 0.25) is 0 Å². The van der Waals surface area contributed by atoms with Crippen molar-refractivity contribution < 1.29 is 19.2 Å². The average Bonchev–Trinajstić information content (AvgIpc) is 2.74. The van der Waals surface area contributed by atoms with E-state index in [-0.39, 0.29) is 11.6 Å². The van der Waals surface area contributed by atoms with Crippen LogP contribution in [0, 0.1) is 17.0 Å². The quantitative estimate of drug-likeness (QED) is 0.549. The maximum atomic E-state index is 12.8. The Labute approximate surface area is 169 Å². The molecule has 0 N–H and O–H groups in total. The van der Waals surface area contributed by atoms with Crippen LogP contribution in [0.2, 0.25) is 0 Å². The Morgan fingerprint density at radius 2 is 1.79 bits per heavy atom. The molecule has 1 heterocycles. The van der Waals surface area contributed by atoms with Crippen molar-refractivity contribution in [1.82, 2.24) is 9.80 Å². The van der Waals surface area contributed by atoms with Crippen LogP contribution in [0.25, 0.3) is 0 Å². The molecule has 2 aromatic carbocycles. The largest absolute Gasteiger partial charge is 0.497 e. The Hall–Kier alpha value is -3.13. The molecule has 8 nitrogen and oxygen atoms in total. The second kappa shape index (κ2) is 8.91. The number of carbonyl (C=O) groups is 1. The van der Waals surface area contributed by atoms with Crippen LogP contribution in [-0.2, 0) is 6.54 Å². The first-order chi connectivity index (χ1) is 13.9. The highest BCUT2D eigenvalue weighted by atomic mass is 16.6. The molecule has 0 radical (unpaired) electrons. The molecule has 1 aliphatic heterocycles.